The van der Waals surface area contributed by atoms with Crippen LogP contribution in [0.3, 0.4) is 0 Å². The Balaban J connectivity index is 1.72. The van der Waals surface area contributed by atoms with E-state index in [-0.39, 0.29) is 0 Å². The third-order valence-electron chi connectivity index (χ3n) is 3.10. The molecule has 1 aliphatic heterocycles. The van der Waals surface area contributed by atoms with E-state index >= 15 is 0 Å². The fraction of sp³-hybridized carbons (Fsp3) is 0.750. The monoisotopic (exact) mass is 270 g/mol. The summed E-state index contributed by atoms with van der Waals surface area (Å²) in [7, 11) is 0. The van der Waals surface area contributed by atoms with Gasteiger partial charge in [-0.15, -0.1) is 0 Å². The SMILES string of the molecule is CCOc1c(N)nsc1NCCCN1CCCC1. The number of nitrogens with one attached hydrogen (secondary N) is 1. The molecule has 0 radical (unpaired) electrons. The molecular formula is C12H22N4OS. The van der Waals surface area contributed by atoms with Crippen LogP contribution in [-0.4, -0.2) is 42.1 Å². The molecule has 0 unspecified atom stereocenters. The first-order valence-corrected chi connectivity index (χ1v) is 7.42. The maximum absolute atomic E-state index is 5.76. The van der Waals surface area contributed by atoms with Crippen molar-refractivity contribution in [2.24, 2.45) is 0 Å². The average molecular weight is 270 g/mol. The van der Waals surface area contributed by atoms with Crippen molar-refractivity contribution in [3.05, 3.63) is 0 Å². The second-order valence-electron chi connectivity index (χ2n) is 4.49. The lowest BCUT2D eigenvalue weighted by molar-refractivity contribution is 0.336. The summed E-state index contributed by atoms with van der Waals surface area (Å²) in [4.78, 5) is 2.52. The molecule has 0 saturated carbocycles. The van der Waals surface area contributed by atoms with Crippen LogP contribution in [0.15, 0.2) is 0 Å². The molecule has 1 saturated heterocycles. The zero-order chi connectivity index (χ0) is 12.8. The van der Waals surface area contributed by atoms with Gasteiger partial charge in [0.1, 0.15) is 0 Å². The molecule has 2 heterocycles. The Morgan fingerprint density at radius 1 is 1.44 bits per heavy atom. The van der Waals surface area contributed by atoms with E-state index in [0.717, 1.165) is 18.0 Å². The lowest BCUT2D eigenvalue weighted by atomic mass is 10.4. The second-order valence-corrected chi connectivity index (χ2v) is 5.26. The largest absolute Gasteiger partial charge is 0.487 e. The molecule has 2 rings (SSSR count). The fourth-order valence-corrected chi connectivity index (χ4v) is 2.89. The molecule has 18 heavy (non-hydrogen) atoms. The summed E-state index contributed by atoms with van der Waals surface area (Å²) >= 11 is 1.37. The van der Waals surface area contributed by atoms with Crippen LogP contribution in [0.25, 0.3) is 0 Å². The first-order chi connectivity index (χ1) is 8.81. The third kappa shape index (κ3) is 3.49. The number of hydrogen-bond acceptors (Lipinski definition) is 6. The van der Waals surface area contributed by atoms with Crippen molar-refractivity contribution in [1.82, 2.24) is 9.27 Å². The van der Waals surface area contributed by atoms with E-state index in [9.17, 15) is 0 Å². The number of hydrogen-bond donors (Lipinski definition) is 2. The van der Waals surface area contributed by atoms with Crippen LogP contribution in [0.1, 0.15) is 26.2 Å². The Morgan fingerprint density at radius 3 is 2.94 bits per heavy atom. The van der Waals surface area contributed by atoms with E-state index in [1.54, 1.807) is 0 Å². The molecule has 1 aromatic heterocycles. The molecule has 1 fully saturated rings. The zero-order valence-corrected chi connectivity index (χ0v) is 11.8. The van der Waals surface area contributed by atoms with Gasteiger partial charge in [-0.25, -0.2) is 0 Å². The highest BCUT2D eigenvalue weighted by Crippen LogP contribution is 2.34. The van der Waals surface area contributed by atoms with Crippen LogP contribution in [0.2, 0.25) is 0 Å². The quantitative estimate of drug-likeness (QED) is 0.742. The number of likely N-dealkylation sites (tertiary alicyclic amines) is 1. The molecule has 6 heteroatoms. The Labute approximate surface area is 112 Å². The van der Waals surface area contributed by atoms with Gasteiger partial charge in [0.05, 0.1) is 6.61 Å². The first-order valence-electron chi connectivity index (χ1n) is 6.65. The molecule has 1 aromatic rings. The summed E-state index contributed by atoms with van der Waals surface area (Å²) in [5.74, 6) is 1.20. The minimum atomic E-state index is 0.490. The van der Waals surface area contributed by atoms with Gasteiger partial charge in [-0.2, -0.15) is 4.37 Å². The van der Waals surface area contributed by atoms with Gasteiger partial charge in [0.25, 0.3) is 0 Å². The Kier molecular flexibility index (Phi) is 5.07. The highest BCUT2D eigenvalue weighted by atomic mass is 32.1. The number of rotatable bonds is 7. The molecule has 0 spiro atoms. The van der Waals surface area contributed by atoms with E-state index in [0.29, 0.717) is 18.2 Å². The molecule has 1 aliphatic rings. The molecule has 0 atom stereocenters. The smallest absolute Gasteiger partial charge is 0.197 e. The zero-order valence-electron chi connectivity index (χ0n) is 10.9. The summed E-state index contributed by atoms with van der Waals surface area (Å²) in [6.45, 7) is 7.21. The Hall–Kier alpha value is -1.01. The number of ether oxygens (including phenoxy) is 1. The summed E-state index contributed by atoms with van der Waals surface area (Å²) in [6.07, 6.45) is 3.85. The summed E-state index contributed by atoms with van der Waals surface area (Å²) in [6, 6.07) is 0. The first kappa shape index (κ1) is 13.4. The topological polar surface area (TPSA) is 63.4 Å². The highest BCUT2D eigenvalue weighted by molar-refractivity contribution is 7.11. The second kappa shape index (κ2) is 6.80. The fourth-order valence-electron chi connectivity index (χ4n) is 2.20. The van der Waals surface area contributed by atoms with E-state index in [1.807, 2.05) is 6.92 Å². The van der Waals surface area contributed by atoms with Crippen LogP contribution >= 0.6 is 11.5 Å². The number of aromatic nitrogens is 1. The lowest BCUT2D eigenvalue weighted by Crippen LogP contribution is -2.22. The number of nitrogen functional groups attached to an aromatic ring is 1. The maximum atomic E-state index is 5.76. The average Bonchev–Trinajstić information content (AvgIpc) is 2.98. The Morgan fingerprint density at radius 2 is 2.22 bits per heavy atom. The molecule has 0 bridgehead atoms. The van der Waals surface area contributed by atoms with Crippen molar-refractivity contribution in [3.8, 4) is 5.75 Å². The number of nitrogens with two attached hydrogens (primary N) is 1. The standard InChI is InChI=1S/C12H22N4OS/c1-2-17-10-11(13)15-18-12(10)14-6-5-9-16-7-3-4-8-16/h14H,2-9H2,1H3,(H2,13,15). The van der Waals surface area contributed by atoms with Gasteiger partial charge < -0.3 is 20.7 Å². The highest BCUT2D eigenvalue weighted by Gasteiger charge is 2.13. The van der Waals surface area contributed by atoms with Gasteiger partial charge in [-0.1, -0.05) is 0 Å². The molecule has 0 amide bonds. The molecule has 3 N–H and O–H groups in total. The van der Waals surface area contributed by atoms with Crippen molar-refractivity contribution in [2.45, 2.75) is 26.2 Å². The Bertz CT molecular complexity index is 363. The summed E-state index contributed by atoms with van der Waals surface area (Å²) in [5, 5.41) is 4.32. The van der Waals surface area contributed by atoms with E-state index in [1.165, 1.54) is 44.0 Å². The number of nitrogens with zero attached hydrogens (tertiary/aromatic N) is 2. The van der Waals surface area contributed by atoms with E-state index in [2.05, 4.69) is 14.6 Å². The van der Waals surface area contributed by atoms with Crippen molar-refractivity contribution >= 4 is 22.4 Å². The molecule has 5 nitrogen and oxygen atoms in total. The van der Waals surface area contributed by atoms with Crippen LogP contribution in [-0.2, 0) is 0 Å². The number of anilines is 2. The maximum Gasteiger partial charge on any atom is 0.197 e. The third-order valence-corrected chi connectivity index (χ3v) is 3.90. The van der Waals surface area contributed by atoms with Gasteiger partial charge in [-0.05, 0) is 57.4 Å². The van der Waals surface area contributed by atoms with Gasteiger partial charge >= 0.3 is 0 Å². The molecule has 102 valence electrons. The van der Waals surface area contributed by atoms with Crippen molar-refractivity contribution in [2.75, 3.05) is 43.8 Å². The van der Waals surface area contributed by atoms with Gasteiger partial charge in [0.2, 0.25) is 0 Å². The predicted octanol–water partition coefficient (Wildman–Crippen LogP) is 2.02. The van der Waals surface area contributed by atoms with Gasteiger partial charge in [0.15, 0.2) is 16.6 Å². The van der Waals surface area contributed by atoms with Crippen molar-refractivity contribution < 1.29 is 4.74 Å². The van der Waals surface area contributed by atoms with Crippen molar-refractivity contribution in [3.63, 3.8) is 0 Å². The summed E-state index contributed by atoms with van der Waals surface area (Å²) in [5.41, 5.74) is 5.76. The molecule has 0 aromatic carbocycles. The predicted molar refractivity (Wildman–Crippen MR) is 76.5 cm³/mol. The molecule has 0 aliphatic carbocycles. The van der Waals surface area contributed by atoms with Crippen LogP contribution in [0, 0.1) is 0 Å². The van der Waals surface area contributed by atoms with Crippen LogP contribution in [0.4, 0.5) is 10.8 Å². The van der Waals surface area contributed by atoms with Crippen molar-refractivity contribution in [1.29, 1.82) is 0 Å². The minimum Gasteiger partial charge on any atom is -0.487 e. The van der Waals surface area contributed by atoms with E-state index < -0.39 is 0 Å². The van der Waals surface area contributed by atoms with Gasteiger partial charge in [-0.3, -0.25) is 0 Å². The normalized spacial score (nSPS) is 16.1. The van der Waals surface area contributed by atoms with E-state index in [4.69, 9.17) is 10.5 Å². The lowest BCUT2D eigenvalue weighted by Gasteiger charge is -2.14. The summed E-state index contributed by atoms with van der Waals surface area (Å²) < 4.78 is 9.60. The molecular weight excluding hydrogens is 248 g/mol. The van der Waals surface area contributed by atoms with Gasteiger partial charge in [0, 0.05) is 6.54 Å². The minimum absolute atomic E-state index is 0.490. The van der Waals surface area contributed by atoms with Crippen LogP contribution < -0.4 is 15.8 Å². The van der Waals surface area contributed by atoms with Crippen LogP contribution in [0.5, 0.6) is 5.75 Å².